The molecule has 4 nitrogen and oxygen atoms in total. The Bertz CT molecular complexity index is 806. The van der Waals surface area contributed by atoms with Gasteiger partial charge in [0.1, 0.15) is 6.10 Å². The molecule has 1 N–H and O–H groups in total. The van der Waals surface area contributed by atoms with E-state index in [1.165, 1.54) is 18.4 Å². The lowest BCUT2D eigenvalue weighted by Crippen LogP contribution is -2.29. The number of ether oxygens (including phenoxy) is 1. The minimum atomic E-state index is -4.62. The molecule has 0 bridgehead atoms. The zero-order valence-corrected chi connectivity index (χ0v) is 14.7. The molecule has 1 unspecified atom stereocenters. The van der Waals surface area contributed by atoms with Crippen LogP contribution in [0.5, 0.6) is 0 Å². The molecule has 1 heterocycles. The van der Waals surface area contributed by atoms with E-state index in [2.05, 4.69) is 4.72 Å². The molecule has 0 fully saturated rings. The average Bonchev–Trinajstić information content (AvgIpc) is 2.93. The summed E-state index contributed by atoms with van der Waals surface area (Å²) in [5, 5.41) is 0. The molecule has 2 rings (SSSR count). The molecule has 1 aromatic carbocycles. The van der Waals surface area contributed by atoms with E-state index < -0.39 is 32.8 Å². The van der Waals surface area contributed by atoms with Crippen molar-refractivity contribution in [3.05, 3.63) is 51.2 Å². The summed E-state index contributed by atoms with van der Waals surface area (Å²) in [6.45, 7) is -0.133. The monoisotopic (exact) mass is 399 g/mol. The second-order valence-electron chi connectivity index (χ2n) is 4.74. The summed E-state index contributed by atoms with van der Waals surface area (Å²) in [7, 11) is -2.71. The third-order valence-electron chi connectivity index (χ3n) is 3.13. The highest BCUT2D eigenvalue weighted by Gasteiger charge is 2.31. The number of methoxy groups -OCH3 is 1. The predicted molar refractivity (Wildman–Crippen MR) is 85.7 cm³/mol. The van der Waals surface area contributed by atoms with E-state index in [1.54, 1.807) is 12.1 Å². The van der Waals surface area contributed by atoms with Gasteiger partial charge in [-0.25, -0.2) is 13.1 Å². The van der Waals surface area contributed by atoms with Gasteiger partial charge in [-0.3, -0.25) is 0 Å². The fourth-order valence-corrected chi connectivity index (χ4v) is 4.13. The van der Waals surface area contributed by atoms with E-state index in [1.807, 2.05) is 0 Å². The Hall–Kier alpha value is -1.13. The van der Waals surface area contributed by atoms with E-state index in [0.717, 1.165) is 18.2 Å². The quantitative estimate of drug-likeness (QED) is 0.796. The van der Waals surface area contributed by atoms with Gasteiger partial charge in [-0.05, 0) is 30.3 Å². The van der Waals surface area contributed by atoms with Gasteiger partial charge >= 0.3 is 6.18 Å². The number of halogens is 4. The van der Waals surface area contributed by atoms with E-state index in [4.69, 9.17) is 16.3 Å². The van der Waals surface area contributed by atoms with Crippen LogP contribution in [0.4, 0.5) is 13.2 Å². The van der Waals surface area contributed by atoms with Crippen LogP contribution >= 0.6 is 22.9 Å². The lowest BCUT2D eigenvalue weighted by atomic mass is 10.2. The van der Waals surface area contributed by atoms with Crippen molar-refractivity contribution in [2.75, 3.05) is 13.7 Å². The average molecular weight is 400 g/mol. The fourth-order valence-electron chi connectivity index (χ4n) is 1.91. The maximum atomic E-state index is 12.7. The van der Waals surface area contributed by atoms with E-state index in [9.17, 15) is 21.6 Å². The highest BCUT2D eigenvalue weighted by molar-refractivity contribution is 7.89. The first-order valence-electron chi connectivity index (χ1n) is 6.58. The molecule has 0 saturated carbocycles. The standard InChI is InChI=1S/C14H13ClF3NO3S2/c1-22-11(12-5-6-13(15)23-12)8-19-24(20,21)10-4-2-3-9(7-10)14(16,17)18/h2-7,11,19H,8H2,1H3. The number of benzene rings is 1. The first kappa shape index (κ1) is 19.2. The van der Waals surface area contributed by atoms with Crippen molar-refractivity contribution in [3.8, 4) is 0 Å². The van der Waals surface area contributed by atoms with Crippen LogP contribution in [0.3, 0.4) is 0 Å². The summed E-state index contributed by atoms with van der Waals surface area (Å²) in [4.78, 5) is 0.241. The first-order valence-corrected chi connectivity index (χ1v) is 9.26. The highest BCUT2D eigenvalue weighted by atomic mass is 35.5. The molecule has 0 radical (unpaired) electrons. The maximum absolute atomic E-state index is 12.7. The van der Waals surface area contributed by atoms with Crippen LogP contribution in [-0.2, 0) is 20.9 Å². The summed E-state index contributed by atoms with van der Waals surface area (Å²) in [5.41, 5.74) is -1.03. The van der Waals surface area contributed by atoms with Crippen molar-refractivity contribution < 1.29 is 26.3 Å². The second kappa shape index (κ2) is 7.40. The summed E-state index contributed by atoms with van der Waals surface area (Å²) >= 11 is 7.05. The summed E-state index contributed by atoms with van der Waals surface area (Å²) in [5.74, 6) is 0. The molecular weight excluding hydrogens is 387 g/mol. The lowest BCUT2D eigenvalue weighted by molar-refractivity contribution is -0.137. The fraction of sp³-hybridized carbons (Fsp3) is 0.286. The number of alkyl halides is 3. The minimum absolute atomic E-state index is 0.133. The van der Waals surface area contributed by atoms with Gasteiger partial charge in [-0.2, -0.15) is 13.2 Å². The van der Waals surface area contributed by atoms with Gasteiger partial charge in [0, 0.05) is 18.5 Å². The third kappa shape index (κ3) is 4.70. The van der Waals surface area contributed by atoms with Gasteiger partial charge in [0.25, 0.3) is 0 Å². The molecule has 10 heteroatoms. The van der Waals surface area contributed by atoms with Crippen molar-refractivity contribution >= 4 is 33.0 Å². The van der Waals surface area contributed by atoms with Crippen LogP contribution < -0.4 is 4.72 Å². The number of thiophene rings is 1. The Morgan fingerprint density at radius 3 is 2.54 bits per heavy atom. The Labute approximate surface area is 146 Å². The second-order valence-corrected chi connectivity index (χ2v) is 8.26. The number of rotatable bonds is 6. The third-order valence-corrected chi connectivity index (χ3v) is 5.87. The van der Waals surface area contributed by atoms with E-state index in [-0.39, 0.29) is 6.54 Å². The molecule has 0 saturated heterocycles. The number of sulfonamides is 1. The largest absolute Gasteiger partial charge is 0.416 e. The van der Waals surface area contributed by atoms with Gasteiger partial charge in [-0.15, -0.1) is 11.3 Å². The molecule has 1 aromatic heterocycles. The van der Waals surface area contributed by atoms with Crippen molar-refractivity contribution in [1.29, 1.82) is 0 Å². The van der Waals surface area contributed by atoms with Gasteiger partial charge in [-0.1, -0.05) is 17.7 Å². The predicted octanol–water partition coefficient (Wildman–Crippen LogP) is 4.09. The number of nitrogens with one attached hydrogen (secondary N) is 1. The minimum Gasteiger partial charge on any atom is -0.375 e. The molecule has 24 heavy (non-hydrogen) atoms. The molecule has 0 aliphatic carbocycles. The Balaban J connectivity index is 2.16. The molecule has 0 aliphatic rings. The van der Waals surface area contributed by atoms with Crippen LogP contribution in [0.1, 0.15) is 16.5 Å². The molecule has 0 aliphatic heterocycles. The summed E-state index contributed by atoms with van der Waals surface area (Å²) in [6, 6.07) is 6.89. The molecule has 132 valence electrons. The van der Waals surface area contributed by atoms with Crippen LogP contribution in [0.15, 0.2) is 41.3 Å². The van der Waals surface area contributed by atoms with Crippen molar-refractivity contribution in [1.82, 2.24) is 4.72 Å². The van der Waals surface area contributed by atoms with E-state index >= 15 is 0 Å². The maximum Gasteiger partial charge on any atom is 0.416 e. The van der Waals surface area contributed by atoms with Crippen LogP contribution in [0.25, 0.3) is 0 Å². The van der Waals surface area contributed by atoms with Gasteiger partial charge in [0.05, 0.1) is 14.8 Å². The van der Waals surface area contributed by atoms with E-state index in [0.29, 0.717) is 15.3 Å². The van der Waals surface area contributed by atoms with Gasteiger partial charge in [0.2, 0.25) is 10.0 Å². The Morgan fingerprint density at radius 2 is 2.00 bits per heavy atom. The number of hydrogen-bond donors (Lipinski definition) is 1. The highest BCUT2D eigenvalue weighted by Crippen LogP contribution is 2.31. The molecular formula is C14H13ClF3NO3S2. The smallest absolute Gasteiger partial charge is 0.375 e. The van der Waals surface area contributed by atoms with Gasteiger partial charge in [0.15, 0.2) is 0 Å². The van der Waals surface area contributed by atoms with Crippen LogP contribution in [0, 0.1) is 0 Å². The molecule has 2 aromatic rings. The topological polar surface area (TPSA) is 55.4 Å². The summed E-state index contributed by atoms with van der Waals surface area (Å²) < 4.78 is 70.5. The zero-order chi connectivity index (χ0) is 18.0. The normalized spacial score (nSPS) is 13.9. The van der Waals surface area contributed by atoms with Crippen molar-refractivity contribution in [2.24, 2.45) is 0 Å². The molecule has 0 amide bonds. The zero-order valence-electron chi connectivity index (χ0n) is 12.3. The Morgan fingerprint density at radius 1 is 1.29 bits per heavy atom. The Kier molecular flexibility index (Phi) is 5.92. The molecule has 0 spiro atoms. The van der Waals surface area contributed by atoms with Crippen LogP contribution in [-0.4, -0.2) is 22.1 Å². The first-order chi connectivity index (χ1) is 11.1. The number of hydrogen-bond acceptors (Lipinski definition) is 4. The SMILES string of the molecule is COC(CNS(=O)(=O)c1cccc(C(F)(F)F)c1)c1ccc(Cl)s1. The summed E-state index contributed by atoms with van der Waals surface area (Å²) in [6.07, 6.45) is -5.21. The van der Waals surface area contributed by atoms with Crippen LogP contribution in [0.2, 0.25) is 4.34 Å². The van der Waals surface area contributed by atoms with Crippen molar-refractivity contribution in [2.45, 2.75) is 17.2 Å². The van der Waals surface area contributed by atoms with Crippen molar-refractivity contribution in [3.63, 3.8) is 0 Å². The molecule has 1 atom stereocenters. The van der Waals surface area contributed by atoms with Gasteiger partial charge < -0.3 is 4.74 Å². The lowest BCUT2D eigenvalue weighted by Gasteiger charge is -2.15.